The Bertz CT molecular complexity index is 325. The van der Waals surface area contributed by atoms with E-state index in [0.717, 1.165) is 26.1 Å². The summed E-state index contributed by atoms with van der Waals surface area (Å²) >= 11 is 0. The van der Waals surface area contributed by atoms with Gasteiger partial charge < -0.3 is 10.5 Å². The topological polar surface area (TPSA) is 35.2 Å². The zero-order valence-corrected chi connectivity index (χ0v) is 10.6. The van der Waals surface area contributed by atoms with Gasteiger partial charge in [-0.25, -0.2) is 0 Å². The maximum absolute atomic E-state index is 6.23. The van der Waals surface area contributed by atoms with E-state index >= 15 is 0 Å². The van der Waals surface area contributed by atoms with E-state index in [2.05, 4.69) is 30.3 Å². The highest BCUT2D eigenvalue weighted by molar-refractivity contribution is 5.26. The average molecular weight is 233 g/mol. The monoisotopic (exact) mass is 233 g/mol. The van der Waals surface area contributed by atoms with Crippen LogP contribution in [0.3, 0.4) is 0 Å². The van der Waals surface area contributed by atoms with Crippen molar-refractivity contribution in [3.05, 3.63) is 35.9 Å². The molecule has 1 aromatic rings. The smallest absolute Gasteiger partial charge is 0.0466 e. The maximum atomic E-state index is 6.23. The first kappa shape index (κ1) is 12.6. The quantitative estimate of drug-likeness (QED) is 0.735. The minimum Gasteiger partial charge on any atom is -0.382 e. The molecule has 94 valence electrons. The zero-order valence-electron chi connectivity index (χ0n) is 10.6. The summed E-state index contributed by atoms with van der Waals surface area (Å²) in [4.78, 5) is 0. The molecule has 3 atom stereocenters. The Balaban J connectivity index is 1.71. The number of nitrogens with two attached hydrogens (primary N) is 1. The van der Waals surface area contributed by atoms with Crippen molar-refractivity contribution in [2.75, 3.05) is 13.2 Å². The average Bonchev–Trinajstić information content (AvgIpc) is 3.16. The van der Waals surface area contributed by atoms with Crippen LogP contribution in [0.15, 0.2) is 30.3 Å². The molecule has 3 unspecified atom stereocenters. The highest BCUT2D eigenvalue weighted by Crippen LogP contribution is 2.49. The number of rotatable bonds is 7. The third kappa shape index (κ3) is 3.55. The summed E-state index contributed by atoms with van der Waals surface area (Å²) in [5, 5.41) is 0. The van der Waals surface area contributed by atoms with Gasteiger partial charge in [-0.2, -0.15) is 0 Å². The summed E-state index contributed by atoms with van der Waals surface area (Å²) in [5.74, 6) is 1.40. The van der Waals surface area contributed by atoms with E-state index in [-0.39, 0.29) is 0 Å². The summed E-state index contributed by atoms with van der Waals surface area (Å²) < 4.78 is 5.34. The predicted molar refractivity (Wildman–Crippen MR) is 71.0 cm³/mol. The lowest BCUT2D eigenvalue weighted by Crippen LogP contribution is -2.23. The summed E-state index contributed by atoms with van der Waals surface area (Å²) in [6.45, 7) is 3.70. The molecule has 2 heteroatoms. The van der Waals surface area contributed by atoms with Crippen molar-refractivity contribution < 1.29 is 4.74 Å². The molecule has 0 heterocycles. The van der Waals surface area contributed by atoms with Crippen molar-refractivity contribution in [3.63, 3.8) is 0 Å². The van der Waals surface area contributed by atoms with Crippen LogP contribution < -0.4 is 5.73 Å². The fraction of sp³-hybridized carbons (Fsp3) is 0.600. The molecular weight excluding hydrogens is 210 g/mol. The lowest BCUT2D eigenvalue weighted by atomic mass is 10.0. The van der Waals surface area contributed by atoms with E-state index in [9.17, 15) is 0 Å². The van der Waals surface area contributed by atoms with E-state index in [4.69, 9.17) is 10.5 Å². The van der Waals surface area contributed by atoms with Gasteiger partial charge in [0.15, 0.2) is 0 Å². The molecular formula is C15H23NO. The van der Waals surface area contributed by atoms with Crippen molar-refractivity contribution in [1.82, 2.24) is 0 Å². The highest BCUT2D eigenvalue weighted by atomic mass is 16.5. The molecule has 1 aliphatic rings. The Hall–Kier alpha value is -0.860. The maximum Gasteiger partial charge on any atom is 0.0466 e. The summed E-state index contributed by atoms with van der Waals surface area (Å²) in [7, 11) is 0. The lowest BCUT2D eigenvalue weighted by molar-refractivity contribution is 0.141. The van der Waals surface area contributed by atoms with Crippen molar-refractivity contribution >= 4 is 0 Å². The molecule has 17 heavy (non-hydrogen) atoms. The summed E-state index contributed by atoms with van der Waals surface area (Å²) in [5.41, 5.74) is 7.69. The summed E-state index contributed by atoms with van der Waals surface area (Å²) in [6, 6.07) is 11.1. The second kappa shape index (κ2) is 6.18. The van der Waals surface area contributed by atoms with Gasteiger partial charge in [-0.1, -0.05) is 30.3 Å². The predicted octanol–water partition coefficient (Wildman–Crippen LogP) is 2.93. The molecule has 0 radical (unpaired) electrons. The number of hydrogen-bond acceptors (Lipinski definition) is 2. The van der Waals surface area contributed by atoms with Crippen molar-refractivity contribution in [3.8, 4) is 0 Å². The van der Waals surface area contributed by atoms with E-state index in [0.29, 0.717) is 17.9 Å². The highest BCUT2D eigenvalue weighted by Gasteiger charge is 2.41. The van der Waals surface area contributed by atoms with Crippen LogP contribution in [0.5, 0.6) is 0 Å². The largest absolute Gasteiger partial charge is 0.382 e. The Labute approximate surface area is 104 Å². The third-order valence-corrected chi connectivity index (χ3v) is 3.65. The van der Waals surface area contributed by atoms with Crippen molar-refractivity contribution in [2.45, 2.75) is 38.1 Å². The minimum atomic E-state index is 0.348. The fourth-order valence-corrected chi connectivity index (χ4v) is 2.55. The van der Waals surface area contributed by atoms with Gasteiger partial charge in [0.1, 0.15) is 0 Å². The van der Waals surface area contributed by atoms with Gasteiger partial charge in [-0.05, 0) is 43.6 Å². The van der Waals surface area contributed by atoms with Gasteiger partial charge in [0.25, 0.3) is 0 Å². The van der Waals surface area contributed by atoms with Gasteiger partial charge in [-0.3, -0.25) is 0 Å². The SMILES string of the molecule is CCOCCCC(N)C1CC1c1ccccc1. The molecule has 1 saturated carbocycles. The minimum absolute atomic E-state index is 0.348. The van der Waals surface area contributed by atoms with Gasteiger partial charge in [0.2, 0.25) is 0 Å². The molecule has 0 bridgehead atoms. The molecule has 2 nitrogen and oxygen atoms in total. The van der Waals surface area contributed by atoms with Crippen LogP contribution in [0.2, 0.25) is 0 Å². The Morgan fingerprint density at radius 3 is 2.82 bits per heavy atom. The second-order valence-electron chi connectivity index (χ2n) is 4.92. The van der Waals surface area contributed by atoms with Crippen LogP contribution in [0.1, 0.15) is 37.7 Å². The first-order chi connectivity index (χ1) is 8.33. The normalized spacial score (nSPS) is 24.6. The molecule has 1 aromatic carbocycles. The van der Waals surface area contributed by atoms with Crippen LogP contribution in [0, 0.1) is 5.92 Å². The molecule has 2 N–H and O–H groups in total. The lowest BCUT2D eigenvalue weighted by Gasteiger charge is -2.11. The van der Waals surface area contributed by atoms with Crippen LogP contribution in [0.25, 0.3) is 0 Å². The molecule has 0 amide bonds. The Morgan fingerprint density at radius 2 is 2.12 bits per heavy atom. The Kier molecular flexibility index (Phi) is 4.57. The van der Waals surface area contributed by atoms with E-state index in [1.165, 1.54) is 12.0 Å². The van der Waals surface area contributed by atoms with Crippen LogP contribution in [0.4, 0.5) is 0 Å². The first-order valence-corrected chi connectivity index (χ1v) is 6.71. The van der Waals surface area contributed by atoms with Crippen LogP contribution >= 0.6 is 0 Å². The van der Waals surface area contributed by atoms with Crippen molar-refractivity contribution in [1.29, 1.82) is 0 Å². The van der Waals surface area contributed by atoms with Crippen LogP contribution in [-0.2, 0) is 4.74 Å². The van der Waals surface area contributed by atoms with Crippen LogP contribution in [-0.4, -0.2) is 19.3 Å². The molecule has 0 aromatic heterocycles. The zero-order chi connectivity index (χ0) is 12.1. The standard InChI is InChI=1S/C15H23NO/c1-2-17-10-6-9-15(16)14-11-13(14)12-7-4-3-5-8-12/h3-5,7-8,13-15H,2,6,9-11,16H2,1H3. The third-order valence-electron chi connectivity index (χ3n) is 3.65. The van der Waals surface area contributed by atoms with E-state index in [1.54, 1.807) is 0 Å². The van der Waals surface area contributed by atoms with Gasteiger partial charge in [0.05, 0.1) is 0 Å². The first-order valence-electron chi connectivity index (χ1n) is 6.71. The molecule has 2 rings (SSSR count). The van der Waals surface area contributed by atoms with E-state index in [1.807, 2.05) is 6.92 Å². The molecule has 0 spiro atoms. The van der Waals surface area contributed by atoms with Gasteiger partial charge in [-0.15, -0.1) is 0 Å². The van der Waals surface area contributed by atoms with Gasteiger partial charge in [0, 0.05) is 19.3 Å². The van der Waals surface area contributed by atoms with E-state index < -0.39 is 0 Å². The van der Waals surface area contributed by atoms with Crippen molar-refractivity contribution in [2.24, 2.45) is 11.7 Å². The fourth-order valence-electron chi connectivity index (χ4n) is 2.55. The molecule has 1 fully saturated rings. The summed E-state index contributed by atoms with van der Waals surface area (Å²) in [6.07, 6.45) is 3.45. The molecule has 0 aliphatic heterocycles. The second-order valence-corrected chi connectivity index (χ2v) is 4.92. The Morgan fingerprint density at radius 1 is 1.35 bits per heavy atom. The molecule has 1 aliphatic carbocycles. The number of hydrogen-bond donors (Lipinski definition) is 1. The van der Waals surface area contributed by atoms with Gasteiger partial charge >= 0.3 is 0 Å². The number of ether oxygens (including phenoxy) is 1. The number of benzene rings is 1. The molecule has 0 saturated heterocycles.